The maximum Gasteiger partial charge on any atom is 0.176 e. The number of aromatic amines is 1. The minimum Gasteiger partial charge on any atom is -0.373 e. The number of hydrogen-bond acceptors (Lipinski definition) is 7. The lowest BCUT2D eigenvalue weighted by Crippen LogP contribution is -2.31. The van der Waals surface area contributed by atoms with Crippen molar-refractivity contribution in [2.45, 2.75) is 37.7 Å². The fraction of sp³-hybridized carbons (Fsp3) is 0.222. The molecule has 4 heterocycles. The highest BCUT2D eigenvalue weighted by Gasteiger charge is 2.48. The maximum absolute atomic E-state index is 12.5. The molecular weight excluding hydrogens is 440 g/mol. The zero-order valence-electron chi connectivity index (χ0n) is 19.3. The predicted molar refractivity (Wildman–Crippen MR) is 128 cm³/mol. The summed E-state index contributed by atoms with van der Waals surface area (Å²) in [6.45, 7) is 3.74. The van der Waals surface area contributed by atoms with Gasteiger partial charge in [0.1, 0.15) is 17.0 Å². The Labute approximate surface area is 201 Å². The summed E-state index contributed by atoms with van der Waals surface area (Å²) < 4.78 is 5.44. The molecule has 2 N–H and O–H groups in total. The molecule has 0 atom stereocenters. The molecule has 1 saturated carbocycles. The third-order valence-electron chi connectivity index (χ3n) is 6.79. The minimum atomic E-state index is -1.70. The second-order valence-electron chi connectivity index (χ2n) is 9.04. The summed E-state index contributed by atoms with van der Waals surface area (Å²) in [7, 11) is 0. The third kappa shape index (κ3) is 3.16. The number of benzene rings is 1. The van der Waals surface area contributed by atoms with Crippen LogP contribution >= 0.6 is 0 Å². The van der Waals surface area contributed by atoms with Gasteiger partial charge in [0.05, 0.1) is 34.2 Å². The summed E-state index contributed by atoms with van der Waals surface area (Å²) in [4.78, 5) is 17.3. The van der Waals surface area contributed by atoms with Crippen LogP contribution in [0.4, 0.5) is 0 Å². The zero-order chi connectivity index (χ0) is 24.2. The van der Waals surface area contributed by atoms with Crippen molar-refractivity contribution in [1.29, 1.82) is 5.26 Å². The van der Waals surface area contributed by atoms with Gasteiger partial charge in [0, 0.05) is 23.5 Å². The van der Waals surface area contributed by atoms with E-state index < -0.39 is 11.0 Å². The Morgan fingerprint density at radius 2 is 1.74 bits per heavy atom. The number of nitrogens with one attached hydrogen (secondary N) is 1. The van der Waals surface area contributed by atoms with E-state index in [2.05, 4.69) is 26.2 Å². The molecule has 1 aliphatic rings. The molecule has 6 rings (SSSR count). The molecule has 0 saturated heterocycles. The number of aromatic nitrogens is 5. The fourth-order valence-corrected chi connectivity index (χ4v) is 4.75. The highest BCUT2D eigenvalue weighted by Crippen LogP contribution is 2.48. The third-order valence-corrected chi connectivity index (χ3v) is 6.79. The van der Waals surface area contributed by atoms with Gasteiger partial charge in [0.2, 0.25) is 0 Å². The lowest BCUT2D eigenvalue weighted by molar-refractivity contribution is 0.117. The fourth-order valence-electron chi connectivity index (χ4n) is 4.75. The van der Waals surface area contributed by atoms with Gasteiger partial charge in [-0.3, -0.25) is 9.97 Å². The van der Waals surface area contributed by atoms with Crippen LogP contribution in [-0.2, 0) is 11.0 Å². The summed E-state index contributed by atoms with van der Waals surface area (Å²) in [6.07, 6.45) is 4.78. The van der Waals surface area contributed by atoms with Crippen molar-refractivity contribution >= 4 is 11.0 Å². The van der Waals surface area contributed by atoms with Gasteiger partial charge in [0.15, 0.2) is 5.60 Å². The van der Waals surface area contributed by atoms with E-state index in [0.29, 0.717) is 39.6 Å². The highest BCUT2D eigenvalue weighted by atomic mass is 16.5. The number of imidazole rings is 1. The van der Waals surface area contributed by atoms with Crippen molar-refractivity contribution < 1.29 is 9.63 Å². The molecular formula is C27H22N6O2. The van der Waals surface area contributed by atoms with E-state index in [1.54, 1.807) is 36.7 Å². The van der Waals surface area contributed by atoms with E-state index in [4.69, 9.17) is 9.51 Å². The smallest absolute Gasteiger partial charge is 0.176 e. The average molecular weight is 463 g/mol. The van der Waals surface area contributed by atoms with Crippen molar-refractivity contribution in [3.8, 4) is 17.2 Å². The largest absolute Gasteiger partial charge is 0.373 e. The lowest BCUT2D eigenvalue weighted by atomic mass is 9.83. The van der Waals surface area contributed by atoms with Crippen LogP contribution in [0.2, 0.25) is 0 Å². The molecule has 0 spiro atoms. The predicted octanol–water partition coefficient (Wildman–Crippen LogP) is 4.46. The number of aliphatic hydroxyl groups is 1. The Morgan fingerprint density at radius 3 is 2.26 bits per heavy atom. The van der Waals surface area contributed by atoms with Crippen LogP contribution in [0.5, 0.6) is 0 Å². The first-order valence-electron chi connectivity index (χ1n) is 11.4. The number of fused-ring (bicyclic) bond motifs is 1. The Balaban J connectivity index is 1.71. The molecule has 1 aromatic carbocycles. The SMILES string of the molecule is Cc1noc(C)c1-c1cc(C(O)(c2ccccn2)c2ccccn2)c2nc(C3(C#N)CC3)[nH]c2c1. The van der Waals surface area contributed by atoms with E-state index in [1.807, 2.05) is 38.1 Å². The molecule has 0 bridgehead atoms. The molecule has 0 radical (unpaired) electrons. The molecule has 4 aromatic heterocycles. The number of nitriles is 1. The zero-order valence-corrected chi connectivity index (χ0v) is 19.3. The lowest BCUT2D eigenvalue weighted by Gasteiger charge is -2.28. The summed E-state index contributed by atoms with van der Waals surface area (Å²) in [6, 6.07) is 17.1. The van der Waals surface area contributed by atoms with E-state index in [1.165, 1.54) is 0 Å². The molecule has 5 aromatic rings. The van der Waals surface area contributed by atoms with Crippen molar-refractivity contribution in [1.82, 2.24) is 25.1 Å². The van der Waals surface area contributed by atoms with E-state index in [0.717, 1.165) is 29.7 Å². The van der Waals surface area contributed by atoms with Gasteiger partial charge in [-0.05, 0) is 68.7 Å². The number of H-pyrrole nitrogens is 1. The first-order chi connectivity index (χ1) is 17.0. The van der Waals surface area contributed by atoms with Crippen LogP contribution in [0, 0.1) is 25.2 Å². The van der Waals surface area contributed by atoms with Gasteiger partial charge in [-0.15, -0.1) is 0 Å². The molecule has 172 valence electrons. The van der Waals surface area contributed by atoms with E-state index in [9.17, 15) is 10.4 Å². The molecule has 1 aliphatic carbocycles. The highest BCUT2D eigenvalue weighted by molar-refractivity contribution is 5.88. The topological polar surface area (TPSA) is 125 Å². The van der Waals surface area contributed by atoms with Gasteiger partial charge < -0.3 is 14.6 Å². The number of nitrogens with zero attached hydrogens (tertiary/aromatic N) is 5. The monoisotopic (exact) mass is 462 g/mol. The van der Waals surface area contributed by atoms with Crippen LogP contribution in [0.25, 0.3) is 22.2 Å². The molecule has 0 amide bonds. The number of rotatable bonds is 5. The molecule has 8 heteroatoms. The second-order valence-corrected chi connectivity index (χ2v) is 9.04. The van der Waals surface area contributed by atoms with Gasteiger partial charge in [-0.2, -0.15) is 5.26 Å². The molecule has 0 unspecified atom stereocenters. The van der Waals surface area contributed by atoms with Gasteiger partial charge in [-0.1, -0.05) is 17.3 Å². The van der Waals surface area contributed by atoms with Crippen LogP contribution in [0.1, 0.15) is 47.1 Å². The van der Waals surface area contributed by atoms with Gasteiger partial charge in [-0.25, -0.2) is 4.98 Å². The number of pyridine rings is 2. The molecule has 1 fully saturated rings. The summed E-state index contributed by atoms with van der Waals surface area (Å²) in [5.74, 6) is 1.28. The van der Waals surface area contributed by atoms with Crippen molar-refractivity contribution in [3.63, 3.8) is 0 Å². The standard InChI is InChI=1S/C27H22N6O2/c1-16-23(17(2)35-33-16)18-13-19(24-20(14-18)31-25(32-24)26(15-28)9-10-26)27(34,21-7-3-5-11-29-21)22-8-4-6-12-30-22/h3-8,11-14,34H,9-10H2,1-2H3,(H,31,32). The van der Waals surface area contributed by atoms with Crippen LogP contribution in [-0.4, -0.2) is 30.2 Å². The van der Waals surface area contributed by atoms with Crippen molar-refractivity contribution in [2.24, 2.45) is 0 Å². The second kappa shape index (κ2) is 7.58. The van der Waals surface area contributed by atoms with Crippen LogP contribution in [0.3, 0.4) is 0 Å². The summed E-state index contributed by atoms with van der Waals surface area (Å²) in [5, 5.41) is 26.4. The molecule has 0 aliphatic heterocycles. The van der Waals surface area contributed by atoms with Crippen LogP contribution in [0.15, 0.2) is 65.4 Å². The first kappa shape index (κ1) is 21.2. The van der Waals surface area contributed by atoms with Crippen molar-refractivity contribution in [3.05, 3.63) is 95.2 Å². The van der Waals surface area contributed by atoms with Gasteiger partial charge in [0.25, 0.3) is 0 Å². The molecule has 8 nitrogen and oxygen atoms in total. The molecule has 35 heavy (non-hydrogen) atoms. The van der Waals surface area contributed by atoms with Gasteiger partial charge >= 0.3 is 0 Å². The first-order valence-corrected chi connectivity index (χ1v) is 11.4. The Morgan fingerprint density at radius 1 is 1.06 bits per heavy atom. The normalized spacial score (nSPS) is 14.7. The number of hydrogen-bond donors (Lipinski definition) is 2. The maximum atomic E-state index is 12.5. The van der Waals surface area contributed by atoms with Crippen molar-refractivity contribution in [2.75, 3.05) is 0 Å². The average Bonchev–Trinajstić information content (AvgIpc) is 3.46. The Kier molecular flexibility index (Phi) is 4.59. The Hall–Kier alpha value is -4.35. The van der Waals surface area contributed by atoms with Crippen LogP contribution < -0.4 is 0 Å². The Bertz CT molecular complexity index is 1530. The van der Waals surface area contributed by atoms with E-state index >= 15 is 0 Å². The van der Waals surface area contributed by atoms with E-state index in [-0.39, 0.29) is 0 Å². The summed E-state index contributed by atoms with van der Waals surface area (Å²) >= 11 is 0. The number of aryl methyl sites for hydroxylation is 2. The summed E-state index contributed by atoms with van der Waals surface area (Å²) in [5.41, 5.74) is 2.69. The quantitative estimate of drug-likeness (QED) is 0.395. The minimum absolute atomic E-state index is 0.418.